The monoisotopic (exact) mass is 292 g/mol. The summed E-state index contributed by atoms with van der Waals surface area (Å²) in [4.78, 5) is 8.19. The van der Waals surface area contributed by atoms with Gasteiger partial charge in [0, 0.05) is 17.2 Å². The second kappa shape index (κ2) is 5.97. The fourth-order valence-corrected chi connectivity index (χ4v) is 3.87. The molecule has 0 bridgehead atoms. The Kier molecular flexibility index (Phi) is 4.68. The van der Waals surface area contributed by atoms with Crippen molar-refractivity contribution < 1.29 is 0 Å². The van der Waals surface area contributed by atoms with Crippen molar-refractivity contribution in [3.05, 3.63) is 21.7 Å². The molecule has 1 N–H and O–H groups in total. The van der Waals surface area contributed by atoms with Crippen molar-refractivity contribution in [2.24, 2.45) is 11.3 Å². The molecule has 0 unspecified atom stereocenters. The van der Waals surface area contributed by atoms with Crippen molar-refractivity contribution >= 4 is 12.2 Å². The van der Waals surface area contributed by atoms with Crippen molar-refractivity contribution in [2.45, 2.75) is 72.6 Å². The van der Waals surface area contributed by atoms with E-state index < -0.39 is 0 Å². The molecule has 1 aromatic heterocycles. The Labute approximate surface area is 128 Å². The molecule has 0 atom stereocenters. The van der Waals surface area contributed by atoms with Crippen molar-refractivity contribution in [3.63, 3.8) is 0 Å². The molecule has 112 valence electrons. The fraction of sp³-hybridized carbons (Fsp3) is 0.765. The Morgan fingerprint density at radius 3 is 2.25 bits per heavy atom. The fourth-order valence-electron chi connectivity index (χ4n) is 3.48. The maximum atomic E-state index is 5.45. The van der Waals surface area contributed by atoms with Crippen LogP contribution < -0.4 is 0 Å². The summed E-state index contributed by atoms with van der Waals surface area (Å²) in [5, 5.41) is 0. The maximum absolute atomic E-state index is 5.45. The number of hydrogen-bond acceptors (Lipinski definition) is 2. The third-order valence-electron chi connectivity index (χ3n) is 4.94. The van der Waals surface area contributed by atoms with E-state index in [1.165, 1.54) is 36.9 Å². The zero-order valence-corrected chi connectivity index (χ0v) is 14.4. The molecule has 1 heterocycles. The SMILES string of the molecule is CCc1c(C)[nH]c(C2CCC(C(C)(C)C)CC2)nc1=S. The summed E-state index contributed by atoms with van der Waals surface area (Å²) in [6.45, 7) is 11.4. The average Bonchev–Trinajstić information content (AvgIpc) is 2.37. The number of H-pyrrole nitrogens is 1. The second-order valence-electron chi connectivity index (χ2n) is 7.30. The first-order valence-corrected chi connectivity index (χ1v) is 8.33. The molecule has 1 saturated carbocycles. The van der Waals surface area contributed by atoms with Crippen molar-refractivity contribution in [2.75, 3.05) is 0 Å². The van der Waals surface area contributed by atoms with Gasteiger partial charge in [-0.15, -0.1) is 0 Å². The zero-order valence-electron chi connectivity index (χ0n) is 13.5. The van der Waals surface area contributed by atoms with Gasteiger partial charge in [-0.25, -0.2) is 4.98 Å². The summed E-state index contributed by atoms with van der Waals surface area (Å²) in [6, 6.07) is 0. The van der Waals surface area contributed by atoms with E-state index in [-0.39, 0.29) is 0 Å². The number of aryl methyl sites for hydroxylation is 1. The summed E-state index contributed by atoms with van der Waals surface area (Å²) < 4.78 is 0.802. The molecule has 1 aromatic rings. The van der Waals surface area contributed by atoms with Crippen LogP contribution in [0.3, 0.4) is 0 Å². The van der Waals surface area contributed by atoms with Gasteiger partial charge >= 0.3 is 0 Å². The molecule has 0 radical (unpaired) electrons. The third kappa shape index (κ3) is 3.30. The van der Waals surface area contributed by atoms with Crippen LogP contribution in [-0.4, -0.2) is 9.97 Å². The minimum atomic E-state index is 0.438. The molecule has 1 aliphatic rings. The van der Waals surface area contributed by atoms with E-state index in [0.717, 1.165) is 22.8 Å². The van der Waals surface area contributed by atoms with Gasteiger partial charge in [-0.3, -0.25) is 0 Å². The van der Waals surface area contributed by atoms with E-state index in [0.29, 0.717) is 11.3 Å². The average molecular weight is 292 g/mol. The molecule has 3 heteroatoms. The summed E-state index contributed by atoms with van der Waals surface area (Å²) >= 11 is 5.45. The van der Waals surface area contributed by atoms with E-state index in [1.54, 1.807) is 0 Å². The van der Waals surface area contributed by atoms with Crippen molar-refractivity contribution in [3.8, 4) is 0 Å². The molecular formula is C17H28N2S. The van der Waals surface area contributed by atoms with Crippen LogP contribution in [0.5, 0.6) is 0 Å². The normalized spacial score (nSPS) is 23.9. The highest BCUT2D eigenvalue weighted by atomic mass is 32.1. The quantitative estimate of drug-likeness (QED) is 0.746. The number of hydrogen-bond donors (Lipinski definition) is 1. The Morgan fingerprint density at radius 1 is 1.20 bits per heavy atom. The number of nitrogens with one attached hydrogen (secondary N) is 1. The summed E-state index contributed by atoms with van der Waals surface area (Å²) in [7, 11) is 0. The molecule has 2 rings (SSSR count). The highest BCUT2D eigenvalue weighted by Crippen LogP contribution is 2.42. The van der Waals surface area contributed by atoms with Crippen LogP contribution in [0.1, 0.15) is 76.4 Å². The van der Waals surface area contributed by atoms with E-state index in [1.807, 2.05) is 0 Å². The lowest BCUT2D eigenvalue weighted by atomic mass is 9.69. The molecule has 1 fully saturated rings. The zero-order chi connectivity index (χ0) is 14.9. The molecule has 0 aromatic carbocycles. The summed E-state index contributed by atoms with van der Waals surface area (Å²) in [6.07, 6.45) is 6.07. The molecule has 0 aliphatic heterocycles. The van der Waals surface area contributed by atoms with Gasteiger partial charge < -0.3 is 4.98 Å². The predicted octanol–water partition coefficient (Wildman–Crippen LogP) is 5.33. The van der Waals surface area contributed by atoms with Gasteiger partial charge in [0.1, 0.15) is 10.5 Å². The topological polar surface area (TPSA) is 28.7 Å². The number of rotatable bonds is 2. The lowest BCUT2D eigenvalue weighted by Gasteiger charge is -2.36. The van der Waals surface area contributed by atoms with E-state index in [4.69, 9.17) is 12.2 Å². The van der Waals surface area contributed by atoms with Crippen LogP contribution >= 0.6 is 12.2 Å². The lowest BCUT2D eigenvalue weighted by Crippen LogP contribution is -2.26. The van der Waals surface area contributed by atoms with E-state index in [9.17, 15) is 0 Å². The first-order chi connectivity index (χ1) is 9.32. The lowest BCUT2D eigenvalue weighted by molar-refractivity contribution is 0.167. The minimum Gasteiger partial charge on any atom is -0.347 e. The molecule has 1 aliphatic carbocycles. The number of aromatic nitrogens is 2. The second-order valence-corrected chi connectivity index (χ2v) is 7.69. The Hall–Kier alpha value is -0.700. The first-order valence-electron chi connectivity index (χ1n) is 7.92. The van der Waals surface area contributed by atoms with Crippen LogP contribution in [0.25, 0.3) is 0 Å². The third-order valence-corrected chi connectivity index (χ3v) is 5.28. The smallest absolute Gasteiger partial charge is 0.133 e. The maximum Gasteiger partial charge on any atom is 0.133 e. The summed E-state index contributed by atoms with van der Waals surface area (Å²) in [5.74, 6) is 2.54. The molecule has 0 saturated heterocycles. The van der Waals surface area contributed by atoms with Gasteiger partial charge in [-0.2, -0.15) is 0 Å². The molecule has 2 nitrogen and oxygen atoms in total. The van der Waals surface area contributed by atoms with Gasteiger partial charge in [-0.05, 0) is 50.4 Å². The van der Waals surface area contributed by atoms with Gasteiger partial charge in [0.25, 0.3) is 0 Å². The molecule has 0 spiro atoms. The van der Waals surface area contributed by atoms with Crippen molar-refractivity contribution in [1.82, 2.24) is 9.97 Å². The Bertz CT molecular complexity index is 517. The van der Waals surface area contributed by atoms with Crippen LogP contribution in [0.2, 0.25) is 0 Å². The van der Waals surface area contributed by atoms with E-state index >= 15 is 0 Å². The largest absolute Gasteiger partial charge is 0.347 e. The van der Waals surface area contributed by atoms with Crippen molar-refractivity contribution in [1.29, 1.82) is 0 Å². The first kappa shape index (κ1) is 15.7. The van der Waals surface area contributed by atoms with Crippen LogP contribution in [0, 0.1) is 22.9 Å². The summed E-state index contributed by atoms with van der Waals surface area (Å²) in [5.41, 5.74) is 2.85. The minimum absolute atomic E-state index is 0.438. The van der Waals surface area contributed by atoms with Crippen LogP contribution in [0.4, 0.5) is 0 Å². The Balaban J connectivity index is 2.14. The van der Waals surface area contributed by atoms with Gasteiger partial charge in [0.2, 0.25) is 0 Å². The Morgan fingerprint density at radius 2 is 1.80 bits per heavy atom. The number of aromatic amines is 1. The molecule has 0 amide bonds. The van der Waals surface area contributed by atoms with Crippen LogP contribution in [-0.2, 0) is 6.42 Å². The number of nitrogens with zero attached hydrogens (tertiary/aromatic N) is 1. The highest BCUT2D eigenvalue weighted by molar-refractivity contribution is 7.71. The van der Waals surface area contributed by atoms with E-state index in [2.05, 4.69) is 44.6 Å². The van der Waals surface area contributed by atoms with Crippen LogP contribution in [0.15, 0.2) is 0 Å². The van der Waals surface area contributed by atoms with Gasteiger partial charge in [0.05, 0.1) is 0 Å². The predicted molar refractivity (Wildman–Crippen MR) is 87.7 cm³/mol. The highest BCUT2D eigenvalue weighted by Gasteiger charge is 2.31. The van der Waals surface area contributed by atoms with Gasteiger partial charge in [-0.1, -0.05) is 39.9 Å². The standard InChI is InChI=1S/C17H28N2S/c1-6-14-11(2)18-15(19-16(14)20)12-7-9-13(10-8-12)17(3,4)5/h12-13H,6-10H2,1-5H3,(H,18,19,20). The molecular weight excluding hydrogens is 264 g/mol. The molecule has 20 heavy (non-hydrogen) atoms. The van der Waals surface area contributed by atoms with Gasteiger partial charge in [0.15, 0.2) is 0 Å².